The second-order valence-corrected chi connectivity index (χ2v) is 4.66. The molecule has 16 heavy (non-hydrogen) atoms. The highest BCUT2D eigenvalue weighted by Gasteiger charge is 2.17. The molecule has 1 fully saturated rings. The molecule has 1 saturated heterocycles. The van der Waals surface area contributed by atoms with Gasteiger partial charge in [0.05, 0.1) is 13.2 Å². The molecule has 1 aromatic carbocycles. The number of Topliss-reactive ketones (excluding diaryl/α,β-unsaturated/α-hetero) is 1. The molecular weight excluding hydrogens is 272 g/mol. The van der Waals surface area contributed by atoms with Gasteiger partial charge in [0.1, 0.15) is 11.9 Å². The first-order valence-corrected chi connectivity index (χ1v) is 6.01. The molecule has 4 heteroatoms. The van der Waals surface area contributed by atoms with E-state index in [2.05, 4.69) is 15.9 Å². The Morgan fingerprint density at radius 1 is 1.56 bits per heavy atom. The van der Waals surface area contributed by atoms with Gasteiger partial charge in [-0.15, -0.1) is 0 Å². The van der Waals surface area contributed by atoms with Crippen molar-refractivity contribution in [3.05, 3.63) is 28.2 Å². The minimum Gasteiger partial charge on any atom is -0.488 e. The number of halogens is 1. The third-order valence-electron chi connectivity index (χ3n) is 2.51. The van der Waals surface area contributed by atoms with Gasteiger partial charge in [-0.1, -0.05) is 0 Å². The van der Waals surface area contributed by atoms with Gasteiger partial charge < -0.3 is 9.47 Å². The van der Waals surface area contributed by atoms with Crippen molar-refractivity contribution in [3.63, 3.8) is 0 Å². The molecule has 1 aliphatic heterocycles. The van der Waals surface area contributed by atoms with Gasteiger partial charge in [-0.2, -0.15) is 0 Å². The number of ether oxygens (including phenoxy) is 2. The summed E-state index contributed by atoms with van der Waals surface area (Å²) in [6, 6.07) is 5.42. The van der Waals surface area contributed by atoms with E-state index < -0.39 is 0 Å². The second kappa shape index (κ2) is 4.97. The van der Waals surface area contributed by atoms with Gasteiger partial charge >= 0.3 is 0 Å². The highest BCUT2D eigenvalue weighted by atomic mass is 79.9. The molecule has 0 N–H and O–H groups in total. The number of hydrogen-bond acceptors (Lipinski definition) is 3. The van der Waals surface area contributed by atoms with Gasteiger partial charge in [0, 0.05) is 16.5 Å². The molecule has 1 atom stereocenters. The Morgan fingerprint density at radius 2 is 2.38 bits per heavy atom. The van der Waals surface area contributed by atoms with Crippen LogP contribution >= 0.6 is 15.9 Å². The second-order valence-electron chi connectivity index (χ2n) is 3.80. The van der Waals surface area contributed by atoms with Crippen LogP contribution in [0.25, 0.3) is 0 Å². The molecule has 86 valence electrons. The summed E-state index contributed by atoms with van der Waals surface area (Å²) >= 11 is 3.37. The van der Waals surface area contributed by atoms with Crippen LogP contribution in [0, 0.1) is 0 Å². The quantitative estimate of drug-likeness (QED) is 0.801. The summed E-state index contributed by atoms with van der Waals surface area (Å²) in [4.78, 5) is 11.2. The Hall–Kier alpha value is -0.870. The first-order valence-electron chi connectivity index (χ1n) is 5.21. The fraction of sp³-hybridized carbons (Fsp3) is 0.417. The summed E-state index contributed by atoms with van der Waals surface area (Å²) in [5.74, 6) is 0.815. The fourth-order valence-electron chi connectivity index (χ4n) is 1.65. The van der Waals surface area contributed by atoms with Crippen LogP contribution < -0.4 is 4.74 Å². The summed E-state index contributed by atoms with van der Waals surface area (Å²) in [6.07, 6.45) is 1.06. The van der Waals surface area contributed by atoms with E-state index in [1.165, 1.54) is 0 Å². The molecule has 2 rings (SSSR count). The molecule has 0 aliphatic carbocycles. The number of ketones is 1. The average Bonchev–Trinajstić information content (AvgIpc) is 2.70. The van der Waals surface area contributed by atoms with Gasteiger partial charge in [0.15, 0.2) is 5.78 Å². The molecule has 0 saturated carbocycles. The molecular formula is C12H13BrO3. The molecule has 0 spiro atoms. The Labute approximate surface area is 103 Å². The van der Waals surface area contributed by atoms with Crippen LogP contribution in [0.2, 0.25) is 0 Å². The van der Waals surface area contributed by atoms with Crippen LogP contribution in [0.5, 0.6) is 5.75 Å². The zero-order chi connectivity index (χ0) is 11.5. The highest BCUT2D eigenvalue weighted by Crippen LogP contribution is 2.25. The van der Waals surface area contributed by atoms with E-state index in [9.17, 15) is 4.79 Å². The smallest absolute Gasteiger partial charge is 0.160 e. The van der Waals surface area contributed by atoms with Crippen molar-refractivity contribution in [2.24, 2.45) is 0 Å². The molecule has 1 heterocycles. The summed E-state index contributed by atoms with van der Waals surface area (Å²) in [6.45, 7) is 2.95. The Kier molecular flexibility index (Phi) is 3.61. The van der Waals surface area contributed by atoms with Gasteiger partial charge in [-0.25, -0.2) is 0 Å². The van der Waals surface area contributed by atoms with E-state index in [1.54, 1.807) is 13.0 Å². The third-order valence-corrected chi connectivity index (χ3v) is 3.17. The molecule has 1 aromatic rings. The van der Waals surface area contributed by atoms with Gasteiger partial charge in [0.25, 0.3) is 0 Å². The first kappa shape index (κ1) is 11.6. The molecule has 0 aromatic heterocycles. The van der Waals surface area contributed by atoms with E-state index in [1.807, 2.05) is 12.1 Å². The molecule has 0 radical (unpaired) electrons. The normalized spacial score (nSPS) is 19.8. The standard InChI is InChI=1S/C12H13BrO3/c1-8(14)11-3-2-9(6-12(11)13)16-10-4-5-15-7-10/h2-3,6,10H,4-5,7H2,1H3. The van der Waals surface area contributed by atoms with Gasteiger partial charge in [0.2, 0.25) is 0 Å². The van der Waals surface area contributed by atoms with Crippen LogP contribution in [0.4, 0.5) is 0 Å². The Bertz CT molecular complexity index is 397. The number of rotatable bonds is 3. The van der Waals surface area contributed by atoms with Crippen molar-refractivity contribution in [1.29, 1.82) is 0 Å². The first-order chi connectivity index (χ1) is 7.66. The van der Waals surface area contributed by atoms with E-state index in [0.29, 0.717) is 12.2 Å². The maximum Gasteiger partial charge on any atom is 0.160 e. The minimum atomic E-state index is 0.0441. The highest BCUT2D eigenvalue weighted by molar-refractivity contribution is 9.10. The van der Waals surface area contributed by atoms with E-state index >= 15 is 0 Å². The number of benzene rings is 1. The van der Waals surface area contributed by atoms with Crippen LogP contribution in [0.3, 0.4) is 0 Å². The number of carbonyl (C=O) groups is 1. The lowest BCUT2D eigenvalue weighted by Gasteiger charge is -2.12. The van der Waals surface area contributed by atoms with Crippen LogP contribution in [-0.4, -0.2) is 25.1 Å². The van der Waals surface area contributed by atoms with E-state index in [4.69, 9.17) is 9.47 Å². The average molecular weight is 285 g/mol. The molecule has 1 aliphatic rings. The zero-order valence-corrected chi connectivity index (χ0v) is 10.6. The van der Waals surface area contributed by atoms with Crippen LogP contribution in [-0.2, 0) is 4.74 Å². The number of hydrogen-bond donors (Lipinski definition) is 0. The fourth-order valence-corrected chi connectivity index (χ4v) is 2.29. The lowest BCUT2D eigenvalue weighted by atomic mass is 10.1. The minimum absolute atomic E-state index is 0.0441. The molecule has 0 amide bonds. The largest absolute Gasteiger partial charge is 0.488 e. The number of carbonyl (C=O) groups excluding carboxylic acids is 1. The van der Waals surface area contributed by atoms with Crippen molar-refractivity contribution in [3.8, 4) is 5.75 Å². The Balaban J connectivity index is 2.11. The lowest BCUT2D eigenvalue weighted by molar-refractivity contribution is 0.101. The van der Waals surface area contributed by atoms with Crippen LogP contribution in [0.15, 0.2) is 22.7 Å². The zero-order valence-electron chi connectivity index (χ0n) is 9.03. The maximum absolute atomic E-state index is 11.2. The maximum atomic E-state index is 11.2. The molecule has 1 unspecified atom stereocenters. The summed E-state index contributed by atoms with van der Waals surface area (Å²) in [7, 11) is 0. The van der Waals surface area contributed by atoms with E-state index in [-0.39, 0.29) is 11.9 Å². The predicted octanol–water partition coefficient (Wildman–Crippen LogP) is 2.82. The Morgan fingerprint density at radius 3 is 2.94 bits per heavy atom. The molecule has 0 bridgehead atoms. The van der Waals surface area contributed by atoms with Gasteiger partial charge in [-0.3, -0.25) is 4.79 Å². The lowest BCUT2D eigenvalue weighted by Crippen LogP contribution is -2.15. The summed E-state index contributed by atoms with van der Waals surface area (Å²) in [5, 5.41) is 0. The topological polar surface area (TPSA) is 35.5 Å². The van der Waals surface area contributed by atoms with E-state index in [0.717, 1.165) is 23.2 Å². The van der Waals surface area contributed by atoms with Crippen molar-refractivity contribution in [1.82, 2.24) is 0 Å². The summed E-state index contributed by atoms with van der Waals surface area (Å²) < 4.78 is 11.7. The van der Waals surface area contributed by atoms with Crippen molar-refractivity contribution < 1.29 is 14.3 Å². The summed E-state index contributed by atoms with van der Waals surface area (Å²) in [5.41, 5.74) is 0.676. The van der Waals surface area contributed by atoms with Crippen molar-refractivity contribution >= 4 is 21.7 Å². The third kappa shape index (κ3) is 2.62. The van der Waals surface area contributed by atoms with Gasteiger partial charge in [-0.05, 0) is 41.1 Å². The molecule has 3 nitrogen and oxygen atoms in total. The van der Waals surface area contributed by atoms with Crippen molar-refractivity contribution in [2.45, 2.75) is 19.4 Å². The van der Waals surface area contributed by atoms with Crippen LogP contribution in [0.1, 0.15) is 23.7 Å². The SMILES string of the molecule is CC(=O)c1ccc(OC2CCOC2)cc1Br. The monoisotopic (exact) mass is 284 g/mol. The van der Waals surface area contributed by atoms with Crippen molar-refractivity contribution in [2.75, 3.05) is 13.2 Å². The predicted molar refractivity (Wildman–Crippen MR) is 64.0 cm³/mol.